The predicted molar refractivity (Wildman–Crippen MR) is 283 cm³/mol. The Morgan fingerprint density at radius 1 is 0.415 bits per heavy atom. The molecule has 0 saturated heterocycles. The summed E-state index contributed by atoms with van der Waals surface area (Å²) < 4.78 is 5.46. The number of allylic oxidation sites excluding steroid dienone is 2. The lowest BCUT2D eigenvalue weighted by Crippen LogP contribution is -2.45. The van der Waals surface area contributed by atoms with Crippen LogP contribution in [-0.4, -0.2) is 47.4 Å². The monoisotopic (exact) mass is 918 g/mol. The number of unbranched alkanes of at least 4 members (excludes halogenated alkanes) is 42. The Hall–Kier alpha value is -1.40. The number of hydrogen-bond acceptors (Lipinski definition) is 5. The van der Waals surface area contributed by atoms with Gasteiger partial charge in [-0.05, 0) is 51.4 Å². The lowest BCUT2D eigenvalue weighted by Gasteiger charge is -2.22. The molecule has 0 spiro atoms. The van der Waals surface area contributed by atoms with Crippen LogP contribution in [0, 0.1) is 0 Å². The second kappa shape index (κ2) is 55.2. The van der Waals surface area contributed by atoms with E-state index in [-0.39, 0.29) is 18.5 Å². The van der Waals surface area contributed by atoms with Crippen molar-refractivity contribution in [3.8, 4) is 0 Å². The maximum atomic E-state index is 12.5. The number of carbonyl (C=O) groups is 2. The molecule has 0 bridgehead atoms. The summed E-state index contributed by atoms with van der Waals surface area (Å²) in [6.45, 7) is 4.96. The largest absolute Gasteiger partial charge is 0.466 e. The van der Waals surface area contributed by atoms with E-state index in [1.807, 2.05) is 0 Å². The van der Waals surface area contributed by atoms with Crippen molar-refractivity contribution in [3.63, 3.8) is 0 Å². The molecule has 386 valence electrons. The maximum Gasteiger partial charge on any atom is 0.305 e. The van der Waals surface area contributed by atoms with E-state index in [2.05, 4.69) is 31.3 Å². The van der Waals surface area contributed by atoms with E-state index in [1.165, 1.54) is 238 Å². The molecule has 0 rings (SSSR count). The third kappa shape index (κ3) is 51.8. The molecule has 6 heteroatoms. The molecule has 0 aliphatic heterocycles. The molecule has 0 saturated carbocycles. The normalized spacial score (nSPS) is 12.6. The molecule has 0 aromatic rings. The van der Waals surface area contributed by atoms with Gasteiger partial charge in [0.1, 0.15) is 0 Å². The first-order chi connectivity index (χ1) is 32.0. The fraction of sp³-hybridized carbons (Fsp3) is 0.932. The Morgan fingerprint density at radius 2 is 0.723 bits per heavy atom. The number of aliphatic hydroxyl groups is 2. The van der Waals surface area contributed by atoms with E-state index < -0.39 is 12.1 Å². The van der Waals surface area contributed by atoms with Crippen molar-refractivity contribution in [2.24, 2.45) is 0 Å². The van der Waals surface area contributed by atoms with Crippen molar-refractivity contribution in [2.75, 3.05) is 13.2 Å². The zero-order chi connectivity index (χ0) is 47.2. The van der Waals surface area contributed by atoms with Crippen molar-refractivity contribution in [3.05, 3.63) is 12.2 Å². The minimum atomic E-state index is -0.672. The Balaban J connectivity index is 3.45. The van der Waals surface area contributed by atoms with E-state index in [4.69, 9.17) is 4.74 Å². The van der Waals surface area contributed by atoms with Gasteiger partial charge in [0, 0.05) is 12.8 Å². The standard InChI is InChI=1S/C59H115NO5/c1-3-5-7-9-11-13-15-16-17-18-19-22-25-28-32-35-39-43-47-51-57(62)56(55-61)60-58(63)52-48-44-40-36-33-29-26-23-20-21-24-27-30-34-38-42-46-50-54-65-59(64)53-49-45-41-37-31-14-12-10-8-6-4-2/h23,26,56-57,61-62H,3-22,24-25,27-55H2,1-2H3,(H,60,63)/b26-23-. The van der Waals surface area contributed by atoms with Crippen molar-refractivity contribution >= 4 is 11.9 Å². The van der Waals surface area contributed by atoms with Crippen molar-refractivity contribution in [1.29, 1.82) is 0 Å². The molecule has 2 atom stereocenters. The van der Waals surface area contributed by atoms with Crippen LogP contribution < -0.4 is 5.32 Å². The van der Waals surface area contributed by atoms with E-state index in [0.29, 0.717) is 25.9 Å². The second-order valence-corrected chi connectivity index (χ2v) is 20.3. The highest BCUT2D eigenvalue weighted by atomic mass is 16.5. The number of ether oxygens (including phenoxy) is 1. The average molecular weight is 919 g/mol. The lowest BCUT2D eigenvalue weighted by molar-refractivity contribution is -0.143. The van der Waals surface area contributed by atoms with Gasteiger partial charge in [0.05, 0.1) is 25.4 Å². The first-order valence-electron chi connectivity index (χ1n) is 29.4. The number of carbonyl (C=O) groups excluding carboxylic acids is 2. The van der Waals surface area contributed by atoms with E-state index in [9.17, 15) is 19.8 Å². The first-order valence-corrected chi connectivity index (χ1v) is 29.4. The van der Waals surface area contributed by atoms with Crippen LogP contribution in [-0.2, 0) is 14.3 Å². The van der Waals surface area contributed by atoms with Gasteiger partial charge >= 0.3 is 5.97 Å². The molecule has 0 aromatic carbocycles. The van der Waals surface area contributed by atoms with Gasteiger partial charge in [0.15, 0.2) is 0 Å². The zero-order valence-corrected chi connectivity index (χ0v) is 44.0. The quantitative estimate of drug-likeness (QED) is 0.0321. The molecular formula is C59H115NO5. The molecule has 0 heterocycles. The van der Waals surface area contributed by atoms with E-state index in [0.717, 1.165) is 57.8 Å². The van der Waals surface area contributed by atoms with Crippen LogP contribution in [0.15, 0.2) is 12.2 Å². The topological polar surface area (TPSA) is 95.9 Å². The first kappa shape index (κ1) is 63.6. The molecule has 0 aliphatic carbocycles. The van der Waals surface area contributed by atoms with Gasteiger partial charge in [0.25, 0.3) is 0 Å². The minimum absolute atomic E-state index is 0.00332. The van der Waals surface area contributed by atoms with Crippen LogP contribution >= 0.6 is 0 Å². The van der Waals surface area contributed by atoms with Gasteiger partial charge in [-0.3, -0.25) is 9.59 Å². The number of nitrogens with one attached hydrogen (secondary N) is 1. The minimum Gasteiger partial charge on any atom is -0.466 e. The molecule has 6 nitrogen and oxygen atoms in total. The summed E-state index contributed by atoms with van der Waals surface area (Å²) in [6, 6.07) is -0.551. The summed E-state index contributed by atoms with van der Waals surface area (Å²) in [5, 5.41) is 23.3. The van der Waals surface area contributed by atoms with Crippen LogP contribution in [0.25, 0.3) is 0 Å². The molecule has 0 aromatic heterocycles. The Morgan fingerprint density at radius 3 is 1.09 bits per heavy atom. The molecule has 2 unspecified atom stereocenters. The maximum absolute atomic E-state index is 12.5. The van der Waals surface area contributed by atoms with Crippen LogP contribution in [0.3, 0.4) is 0 Å². The van der Waals surface area contributed by atoms with Crippen molar-refractivity contribution < 1.29 is 24.5 Å². The molecule has 0 aliphatic rings. The van der Waals surface area contributed by atoms with Gasteiger partial charge in [-0.25, -0.2) is 0 Å². The van der Waals surface area contributed by atoms with Crippen LogP contribution in [0.5, 0.6) is 0 Å². The van der Waals surface area contributed by atoms with Crippen molar-refractivity contribution in [2.45, 2.75) is 341 Å². The summed E-state index contributed by atoms with van der Waals surface area (Å²) in [5.74, 6) is -0.0428. The van der Waals surface area contributed by atoms with Crippen LogP contribution in [0.2, 0.25) is 0 Å². The fourth-order valence-electron chi connectivity index (χ4n) is 9.28. The second-order valence-electron chi connectivity index (χ2n) is 20.3. The third-order valence-electron chi connectivity index (χ3n) is 13.8. The lowest BCUT2D eigenvalue weighted by atomic mass is 10.0. The summed E-state index contributed by atoms with van der Waals surface area (Å²) >= 11 is 0. The Bertz CT molecular complexity index is 970. The highest BCUT2D eigenvalue weighted by molar-refractivity contribution is 5.76. The van der Waals surface area contributed by atoms with Gasteiger partial charge < -0.3 is 20.3 Å². The molecular weight excluding hydrogens is 803 g/mol. The predicted octanol–water partition coefficient (Wildman–Crippen LogP) is 18.1. The molecule has 0 radical (unpaired) electrons. The van der Waals surface area contributed by atoms with E-state index in [1.54, 1.807) is 0 Å². The number of esters is 1. The van der Waals surface area contributed by atoms with Gasteiger partial charge in [-0.1, -0.05) is 276 Å². The van der Waals surface area contributed by atoms with Crippen LogP contribution in [0.4, 0.5) is 0 Å². The molecule has 3 N–H and O–H groups in total. The number of amides is 1. The van der Waals surface area contributed by atoms with Gasteiger partial charge in [-0.2, -0.15) is 0 Å². The SMILES string of the molecule is CCCCCCCCCCCCCCCCCCCCCC(O)C(CO)NC(=O)CCCCCCC/C=C\CCCCCCCCCCCOC(=O)CCCCCCCCCCCCC. The Kier molecular flexibility index (Phi) is 54.0. The summed E-state index contributed by atoms with van der Waals surface area (Å²) in [5.41, 5.74) is 0. The number of hydrogen-bond donors (Lipinski definition) is 3. The number of rotatable bonds is 55. The summed E-state index contributed by atoms with van der Waals surface area (Å²) in [4.78, 5) is 24.5. The third-order valence-corrected chi connectivity index (χ3v) is 13.8. The Labute approximate surface area is 406 Å². The van der Waals surface area contributed by atoms with Gasteiger partial charge in [-0.15, -0.1) is 0 Å². The highest BCUT2D eigenvalue weighted by Gasteiger charge is 2.20. The summed E-state index contributed by atoms with van der Waals surface area (Å²) in [7, 11) is 0. The number of aliphatic hydroxyl groups excluding tert-OH is 2. The molecule has 65 heavy (non-hydrogen) atoms. The van der Waals surface area contributed by atoms with E-state index >= 15 is 0 Å². The fourth-order valence-corrected chi connectivity index (χ4v) is 9.28. The molecule has 1 amide bonds. The summed E-state index contributed by atoms with van der Waals surface area (Å²) in [6.07, 6.45) is 64.9. The van der Waals surface area contributed by atoms with Gasteiger partial charge in [0.2, 0.25) is 5.91 Å². The zero-order valence-electron chi connectivity index (χ0n) is 44.0. The smallest absolute Gasteiger partial charge is 0.305 e. The van der Waals surface area contributed by atoms with Crippen LogP contribution in [0.1, 0.15) is 328 Å². The van der Waals surface area contributed by atoms with Crippen molar-refractivity contribution in [1.82, 2.24) is 5.32 Å². The average Bonchev–Trinajstić information content (AvgIpc) is 3.31. The highest BCUT2D eigenvalue weighted by Crippen LogP contribution is 2.17. The molecule has 0 fully saturated rings.